The fourth-order valence-electron chi connectivity index (χ4n) is 2.70. The normalized spacial score (nSPS) is 10.4. The largest absolute Gasteiger partial charge is 0.497 e. The molecule has 134 valence electrons. The summed E-state index contributed by atoms with van der Waals surface area (Å²) in [6.07, 6.45) is 0.301. The lowest BCUT2D eigenvalue weighted by Crippen LogP contribution is -2.31. The van der Waals surface area contributed by atoms with E-state index >= 15 is 0 Å². The molecule has 0 heterocycles. The molecule has 2 aromatic rings. The number of carbonyl (C=O) groups is 1. The second-order valence-corrected chi connectivity index (χ2v) is 6.07. The predicted molar refractivity (Wildman–Crippen MR) is 100 cm³/mol. The second kappa shape index (κ2) is 8.97. The fourth-order valence-corrected chi connectivity index (χ4v) is 2.70. The first-order chi connectivity index (χ1) is 12.0. The minimum Gasteiger partial charge on any atom is -0.497 e. The third-order valence-corrected chi connectivity index (χ3v) is 3.89. The molecule has 25 heavy (non-hydrogen) atoms. The summed E-state index contributed by atoms with van der Waals surface area (Å²) in [6, 6.07) is 13.9. The van der Waals surface area contributed by atoms with Crippen molar-refractivity contribution in [3.8, 4) is 11.5 Å². The van der Waals surface area contributed by atoms with Crippen LogP contribution in [0.4, 0.5) is 5.69 Å². The van der Waals surface area contributed by atoms with E-state index in [1.165, 1.54) is 11.1 Å². The number of ether oxygens (including phenoxy) is 2. The van der Waals surface area contributed by atoms with Gasteiger partial charge in [0.2, 0.25) is 5.91 Å². The van der Waals surface area contributed by atoms with E-state index in [4.69, 9.17) is 15.2 Å². The number of rotatable bonds is 9. The zero-order valence-electron chi connectivity index (χ0n) is 15.1. The SMILES string of the molecule is COc1ccc(N(CCOc2cc(C)cc(C)c2)CCC(N)=O)cc1. The number of amides is 1. The summed E-state index contributed by atoms with van der Waals surface area (Å²) < 4.78 is 11.1. The number of hydrogen-bond donors (Lipinski definition) is 1. The molecule has 5 nitrogen and oxygen atoms in total. The molecule has 0 aliphatic heterocycles. The van der Waals surface area contributed by atoms with Crippen LogP contribution in [0.5, 0.6) is 11.5 Å². The van der Waals surface area contributed by atoms with Gasteiger partial charge < -0.3 is 20.1 Å². The Hall–Kier alpha value is -2.69. The summed E-state index contributed by atoms with van der Waals surface area (Å²) in [7, 11) is 1.64. The van der Waals surface area contributed by atoms with Crippen molar-refractivity contribution in [2.75, 3.05) is 31.7 Å². The monoisotopic (exact) mass is 342 g/mol. The predicted octanol–water partition coefficient (Wildman–Crippen LogP) is 3.07. The fraction of sp³-hybridized carbons (Fsp3) is 0.350. The minimum atomic E-state index is -0.311. The topological polar surface area (TPSA) is 64.8 Å². The van der Waals surface area contributed by atoms with Crippen molar-refractivity contribution in [2.24, 2.45) is 5.73 Å². The molecule has 0 atom stereocenters. The Balaban J connectivity index is 2.00. The van der Waals surface area contributed by atoms with Gasteiger partial charge in [-0.05, 0) is 61.4 Å². The first-order valence-electron chi connectivity index (χ1n) is 8.36. The third kappa shape index (κ3) is 6.03. The molecule has 2 rings (SSSR count). The molecule has 5 heteroatoms. The number of aryl methyl sites for hydroxylation is 2. The summed E-state index contributed by atoms with van der Waals surface area (Å²) in [6.45, 7) is 5.84. The van der Waals surface area contributed by atoms with Crippen LogP contribution in [0.15, 0.2) is 42.5 Å². The van der Waals surface area contributed by atoms with Crippen molar-refractivity contribution in [1.82, 2.24) is 0 Å². The Morgan fingerprint density at radius 3 is 2.20 bits per heavy atom. The smallest absolute Gasteiger partial charge is 0.219 e. The first kappa shape index (κ1) is 18.6. The Labute approximate surface area is 149 Å². The summed E-state index contributed by atoms with van der Waals surface area (Å²) in [5, 5.41) is 0. The quantitative estimate of drug-likeness (QED) is 0.761. The Bertz CT molecular complexity index is 678. The van der Waals surface area contributed by atoms with Gasteiger partial charge in [0.15, 0.2) is 0 Å². The molecule has 0 saturated heterocycles. The van der Waals surface area contributed by atoms with Gasteiger partial charge in [-0.1, -0.05) is 6.07 Å². The van der Waals surface area contributed by atoms with Crippen LogP contribution in [0.3, 0.4) is 0 Å². The molecule has 0 saturated carbocycles. The number of nitrogens with two attached hydrogens (primary N) is 1. The van der Waals surface area contributed by atoms with Gasteiger partial charge in [0.05, 0.1) is 13.7 Å². The van der Waals surface area contributed by atoms with Gasteiger partial charge in [-0.3, -0.25) is 4.79 Å². The Morgan fingerprint density at radius 2 is 1.64 bits per heavy atom. The van der Waals surface area contributed by atoms with Crippen LogP contribution in [0.1, 0.15) is 17.5 Å². The minimum absolute atomic E-state index is 0.301. The lowest BCUT2D eigenvalue weighted by Gasteiger charge is -2.24. The highest BCUT2D eigenvalue weighted by atomic mass is 16.5. The molecule has 0 spiro atoms. The van der Waals surface area contributed by atoms with Gasteiger partial charge in [0.1, 0.15) is 18.1 Å². The molecular formula is C20H26N2O3. The maximum absolute atomic E-state index is 11.2. The van der Waals surface area contributed by atoms with Crippen LogP contribution in [-0.2, 0) is 4.79 Å². The highest BCUT2D eigenvalue weighted by Gasteiger charge is 2.09. The number of carbonyl (C=O) groups excluding carboxylic acids is 1. The number of hydrogen-bond acceptors (Lipinski definition) is 4. The summed E-state index contributed by atoms with van der Waals surface area (Å²) >= 11 is 0. The van der Waals surface area contributed by atoms with Gasteiger partial charge in [0.25, 0.3) is 0 Å². The average Bonchev–Trinajstić information content (AvgIpc) is 2.57. The highest BCUT2D eigenvalue weighted by molar-refractivity contribution is 5.74. The van der Waals surface area contributed by atoms with Crippen molar-refractivity contribution < 1.29 is 14.3 Å². The molecule has 0 bridgehead atoms. The van der Waals surface area contributed by atoms with Crippen molar-refractivity contribution >= 4 is 11.6 Å². The van der Waals surface area contributed by atoms with Crippen molar-refractivity contribution in [3.63, 3.8) is 0 Å². The maximum atomic E-state index is 11.2. The Kier molecular flexibility index (Phi) is 6.69. The molecule has 0 unspecified atom stereocenters. The molecule has 1 amide bonds. The van der Waals surface area contributed by atoms with Gasteiger partial charge >= 0.3 is 0 Å². The number of methoxy groups -OCH3 is 1. The van der Waals surface area contributed by atoms with E-state index in [0.717, 1.165) is 17.2 Å². The second-order valence-electron chi connectivity index (χ2n) is 6.07. The number of nitrogens with zero attached hydrogens (tertiary/aromatic N) is 1. The molecule has 0 fully saturated rings. The van der Waals surface area contributed by atoms with Crippen molar-refractivity contribution in [2.45, 2.75) is 20.3 Å². The highest BCUT2D eigenvalue weighted by Crippen LogP contribution is 2.20. The number of benzene rings is 2. The van der Waals surface area contributed by atoms with Crippen molar-refractivity contribution in [1.29, 1.82) is 0 Å². The lowest BCUT2D eigenvalue weighted by atomic mass is 10.1. The van der Waals surface area contributed by atoms with E-state index in [1.54, 1.807) is 7.11 Å². The molecule has 0 radical (unpaired) electrons. The van der Waals surface area contributed by atoms with E-state index < -0.39 is 0 Å². The van der Waals surface area contributed by atoms with Crippen LogP contribution in [0.25, 0.3) is 0 Å². The van der Waals surface area contributed by atoms with Crippen molar-refractivity contribution in [3.05, 3.63) is 53.6 Å². The summed E-state index contributed by atoms with van der Waals surface area (Å²) in [5.74, 6) is 1.35. The van der Waals surface area contributed by atoms with Crippen LogP contribution in [-0.4, -0.2) is 32.7 Å². The van der Waals surface area contributed by atoms with E-state index in [2.05, 4.69) is 24.8 Å². The molecule has 2 aromatic carbocycles. The Morgan fingerprint density at radius 1 is 1.00 bits per heavy atom. The maximum Gasteiger partial charge on any atom is 0.219 e. The summed E-state index contributed by atoms with van der Waals surface area (Å²) in [4.78, 5) is 13.2. The molecule has 0 aromatic heterocycles. The summed E-state index contributed by atoms with van der Waals surface area (Å²) in [5.41, 5.74) is 8.66. The van der Waals surface area contributed by atoms with Gasteiger partial charge in [-0.2, -0.15) is 0 Å². The van der Waals surface area contributed by atoms with E-state index in [9.17, 15) is 4.79 Å². The standard InChI is InChI=1S/C20H26N2O3/c1-15-12-16(2)14-19(13-15)25-11-10-22(9-8-20(21)23)17-4-6-18(24-3)7-5-17/h4-7,12-14H,8-11H2,1-3H3,(H2,21,23). The molecule has 0 aliphatic rings. The van der Waals surface area contributed by atoms with Crippen LogP contribution in [0.2, 0.25) is 0 Å². The van der Waals surface area contributed by atoms with Crippen LogP contribution in [0, 0.1) is 13.8 Å². The molecule has 2 N–H and O–H groups in total. The van der Waals surface area contributed by atoms with Gasteiger partial charge in [0, 0.05) is 18.7 Å². The van der Waals surface area contributed by atoms with Gasteiger partial charge in [-0.15, -0.1) is 0 Å². The van der Waals surface area contributed by atoms with E-state index in [1.807, 2.05) is 36.4 Å². The van der Waals surface area contributed by atoms with E-state index in [-0.39, 0.29) is 5.91 Å². The molecular weight excluding hydrogens is 316 g/mol. The van der Waals surface area contributed by atoms with E-state index in [0.29, 0.717) is 26.1 Å². The van der Waals surface area contributed by atoms with Crippen LogP contribution < -0.4 is 20.1 Å². The van der Waals surface area contributed by atoms with Gasteiger partial charge in [-0.25, -0.2) is 0 Å². The first-order valence-corrected chi connectivity index (χ1v) is 8.36. The average molecular weight is 342 g/mol. The number of anilines is 1. The number of primary amides is 1. The molecule has 0 aliphatic carbocycles. The third-order valence-electron chi connectivity index (χ3n) is 3.89. The zero-order valence-corrected chi connectivity index (χ0v) is 15.1. The zero-order chi connectivity index (χ0) is 18.2. The lowest BCUT2D eigenvalue weighted by molar-refractivity contribution is -0.117. The van der Waals surface area contributed by atoms with Crippen LogP contribution >= 0.6 is 0 Å².